The molecule has 0 heterocycles. The Kier molecular flexibility index (Phi) is 9.17. The van der Waals surface area contributed by atoms with E-state index in [1.165, 1.54) is 0 Å². The van der Waals surface area contributed by atoms with E-state index in [0.29, 0.717) is 20.8 Å². The third-order valence-electron chi connectivity index (χ3n) is 4.82. The highest BCUT2D eigenvalue weighted by molar-refractivity contribution is 9.10. The Morgan fingerprint density at radius 3 is 1.44 bits per heavy atom. The Labute approximate surface area is 226 Å². The molecule has 5 aromatic rings. The van der Waals surface area contributed by atoms with E-state index in [2.05, 4.69) is 22.0 Å². The average molecular weight is 596 g/mol. The topological polar surface area (TPSA) is 78.1 Å². The Bertz CT molecular complexity index is 1270. The van der Waals surface area contributed by atoms with Crippen LogP contribution in [-0.4, -0.2) is 0 Å². The van der Waals surface area contributed by atoms with Gasteiger partial charge in [-0.05, 0) is 41.8 Å². The number of fused-ring (bicyclic) bond motifs is 2. The molecule has 0 fully saturated rings. The molecule has 0 saturated heterocycles. The first kappa shape index (κ1) is 26.3. The van der Waals surface area contributed by atoms with Crippen molar-refractivity contribution in [3.63, 3.8) is 0 Å². The SMILES string of the molecule is Nc1cc(Cl)c(Cl)c(Cl)c1.Nc1ccc(Br)c2ccccc12.Nc1ccc(Cl)c2ccccc12. The summed E-state index contributed by atoms with van der Waals surface area (Å²) in [7, 11) is 0. The second-order valence-corrected chi connectivity index (χ2v) is 9.62. The van der Waals surface area contributed by atoms with Crippen LogP contribution in [0.15, 0.2) is 89.4 Å². The first-order valence-corrected chi connectivity index (χ1v) is 12.2. The normalized spacial score (nSPS) is 10.3. The van der Waals surface area contributed by atoms with E-state index >= 15 is 0 Å². The molecule has 0 unspecified atom stereocenters. The van der Waals surface area contributed by atoms with Gasteiger partial charge in [0.1, 0.15) is 0 Å². The van der Waals surface area contributed by atoms with Crippen molar-refractivity contribution in [3.05, 3.63) is 109 Å². The Balaban J connectivity index is 0.000000144. The van der Waals surface area contributed by atoms with Crippen LogP contribution >= 0.6 is 62.3 Å². The van der Waals surface area contributed by atoms with E-state index in [0.717, 1.165) is 42.4 Å². The molecule has 6 N–H and O–H groups in total. The number of hydrogen-bond donors (Lipinski definition) is 3. The first-order chi connectivity index (χ1) is 16.2. The minimum atomic E-state index is 0.345. The lowest BCUT2D eigenvalue weighted by Crippen LogP contribution is -1.86. The Hall–Kier alpha value is -2.34. The zero-order chi connectivity index (χ0) is 24.8. The molecule has 0 amide bonds. The maximum Gasteiger partial charge on any atom is 0.0780 e. The van der Waals surface area contributed by atoms with Gasteiger partial charge in [-0.1, -0.05) is 111 Å². The maximum atomic E-state index is 5.97. The summed E-state index contributed by atoms with van der Waals surface area (Å²) in [5.74, 6) is 0. The summed E-state index contributed by atoms with van der Waals surface area (Å²) >= 11 is 26.3. The van der Waals surface area contributed by atoms with Gasteiger partial charge in [0.25, 0.3) is 0 Å². The van der Waals surface area contributed by atoms with Crippen molar-refractivity contribution in [1.82, 2.24) is 0 Å². The van der Waals surface area contributed by atoms with Gasteiger partial charge in [0.15, 0.2) is 0 Å². The van der Waals surface area contributed by atoms with Crippen LogP contribution in [0.25, 0.3) is 21.5 Å². The third kappa shape index (κ3) is 6.41. The standard InChI is InChI=1S/C10H8BrN.C10H8ClN.C6H4Cl3N/c2*11-9-5-6-10(12)8-4-2-1-3-7(8)9;7-4-1-3(10)2-5(8)6(4)9/h2*1-6H,12H2;1-2H,10H2. The monoisotopic (exact) mass is 593 g/mol. The highest BCUT2D eigenvalue weighted by atomic mass is 79.9. The van der Waals surface area contributed by atoms with Gasteiger partial charge in [-0.15, -0.1) is 0 Å². The number of nitrogens with two attached hydrogens (primary N) is 3. The molecule has 5 aromatic carbocycles. The summed E-state index contributed by atoms with van der Waals surface area (Å²) in [5.41, 5.74) is 19.1. The number of hydrogen-bond acceptors (Lipinski definition) is 3. The van der Waals surface area contributed by atoms with E-state index in [-0.39, 0.29) is 0 Å². The number of nitrogen functional groups attached to an aromatic ring is 3. The number of halogens is 5. The zero-order valence-corrected chi connectivity index (χ0v) is 22.3. The van der Waals surface area contributed by atoms with Gasteiger partial charge in [-0.25, -0.2) is 0 Å². The molecular formula is C26H20BrCl4N3. The molecule has 8 heteroatoms. The Morgan fingerprint density at radius 1 is 0.500 bits per heavy atom. The summed E-state index contributed by atoms with van der Waals surface area (Å²) in [6.45, 7) is 0. The second-order valence-electron chi connectivity index (χ2n) is 7.16. The summed E-state index contributed by atoms with van der Waals surface area (Å²) in [6, 6.07) is 26.5. The van der Waals surface area contributed by atoms with Crippen LogP contribution < -0.4 is 17.2 Å². The molecule has 34 heavy (non-hydrogen) atoms. The van der Waals surface area contributed by atoms with E-state index in [1.54, 1.807) is 12.1 Å². The van der Waals surface area contributed by atoms with Gasteiger partial charge in [-0.2, -0.15) is 0 Å². The van der Waals surface area contributed by atoms with E-state index in [4.69, 9.17) is 63.6 Å². The molecular weight excluding hydrogens is 576 g/mol. The lowest BCUT2D eigenvalue weighted by Gasteiger charge is -2.02. The predicted molar refractivity (Wildman–Crippen MR) is 155 cm³/mol. The van der Waals surface area contributed by atoms with E-state index in [9.17, 15) is 0 Å². The van der Waals surface area contributed by atoms with Crippen molar-refractivity contribution in [3.8, 4) is 0 Å². The first-order valence-electron chi connectivity index (χ1n) is 9.94. The molecule has 0 radical (unpaired) electrons. The number of benzene rings is 5. The van der Waals surface area contributed by atoms with Crippen LogP contribution in [0.1, 0.15) is 0 Å². The van der Waals surface area contributed by atoms with Crippen LogP contribution in [-0.2, 0) is 0 Å². The summed E-state index contributed by atoms with van der Waals surface area (Å²) in [6.07, 6.45) is 0. The minimum absolute atomic E-state index is 0.345. The van der Waals surface area contributed by atoms with Gasteiger partial charge in [0, 0.05) is 42.7 Å². The van der Waals surface area contributed by atoms with Crippen molar-refractivity contribution >= 4 is 101 Å². The summed E-state index contributed by atoms with van der Waals surface area (Å²) in [4.78, 5) is 0. The molecule has 0 aliphatic rings. The largest absolute Gasteiger partial charge is 0.399 e. The molecule has 174 valence electrons. The van der Waals surface area contributed by atoms with Gasteiger partial charge in [-0.3, -0.25) is 0 Å². The van der Waals surface area contributed by atoms with Gasteiger partial charge < -0.3 is 17.2 Å². The highest BCUT2D eigenvalue weighted by Crippen LogP contribution is 2.32. The third-order valence-corrected chi connectivity index (χ3v) is 7.03. The zero-order valence-electron chi connectivity index (χ0n) is 17.7. The molecule has 3 nitrogen and oxygen atoms in total. The smallest absolute Gasteiger partial charge is 0.0780 e. The number of rotatable bonds is 0. The van der Waals surface area contributed by atoms with Crippen LogP contribution in [0.4, 0.5) is 17.1 Å². The Morgan fingerprint density at radius 2 is 0.941 bits per heavy atom. The van der Waals surface area contributed by atoms with Crippen molar-refractivity contribution in [2.45, 2.75) is 0 Å². The predicted octanol–water partition coefficient (Wildman–Crippen LogP) is 9.49. The number of anilines is 3. The summed E-state index contributed by atoms with van der Waals surface area (Å²) < 4.78 is 1.09. The molecule has 0 aromatic heterocycles. The van der Waals surface area contributed by atoms with E-state index < -0.39 is 0 Å². The van der Waals surface area contributed by atoms with Crippen LogP contribution in [0.3, 0.4) is 0 Å². The van der Waals surface area contributed by atoms with Gasteiger partial charge in [0.05, 0.1) is 15.1 Å². The molecule has 0 bridgehead atoms. The van der Waals surface area contributed by atoms with Crippen molar-refractivity contribution < 1.29 is 0 Å². The second kappa shape index (κ2) is 11.9. The van der Waals surface area contributed by atoms with Crippen molar-refractivity contribution in [2.24, 2.45) is 0 Å². The molecule has 0 atom stereocenters. The summed E-state index contributed by atoms with van der Waals surface area (Å²) in [5, 5.41) is 6.16. The van der Waals surface area contributed by atoms with Crippen LogP contribution in [0.5, 0.6) is 0 Å². The highest BCUT2D eigenvalue weighted by Gasteiger charge is 2.03. The molecule has 0 aliphatic heterocycles. The lowest BCUT2D eigenvalue weighted by molar-refractivity contribution is 1.68. The van der Waals surface area contributed by atoms with Gasteiger partial charge >= 0.3 is 0 Å². The van der Waals surface area contributed by atoms with Gasteiger partial charge in [0.2, 0.25) is 0 Å². The molecule has 0 aliphatic carbocycles. The minimum Gasteiger partial charge on any atom is -0.399 e. The fraction of sp³-hybridized carbons (Fsp3) is 0. The average Bonchev–Trinajstić information content (AvgIpc) is 2.83. The molecule has 0 spiro atoms. The van der Waals surface area contributed by atoms with Crippen LogP contribution in [0.2, 0.25) is 20.1 Å². The van der Waals surface area contributed by atoms with E-state index in [1.807, 2.05) is 66.7 Å². The van der Waals surface area contributed by atoms with Crippen LogP contribution in [0, 0.1) is 0 Å². The van der Waals surface area contributed by atoms with Crippen molar-refractivity contribution in [1.29, 1.82) is 0 Å². The lowest BCUT2D eigenvalue weighted by atomic mass is 10.1. The maximum absolute atomic E-state index is 5.97. The molecule has 0 saturated carbocycles. The molecule has 5 rings (SSSR count). The fourth-order valence-electron chi connectivity index (χ4n) is 3.15. The fourth-order valence-corrected chi connectivity index (χ4v) is 4.47. The van der Waals surface area contributed by atoms with Crippen molar-refractivity contribution in [2.75, 3.05) is 17.2 Å². The quantitative estimate of drug-likeness (QED) is 0.123.